The first-order valence-corrected chi connectivity index (χ1v) is 6.69. The van der Waals surface area contributed by atoms with Crippen LogP contribution < -0.4 is 0 Å². The zero-order valence-electron chi connectivity index (χ0n) is 11.3. The highest BCUT2D eigenvalue weighted by atomic mass is 16.4. The van der Waals surface area contributed by atoms with Gasteiger partial charge in [-0.3, -0.25) is 19.6 Å². The van der Waals surface area contributed by atoms with Gasteiger partial charge in [0.2, 0.25) is 0 Å². The molecule has 1 aliphatic rings. The predicted molar refractivity (Wildman–Crippen MR) is 72.8 cm³/mol. The molecule has 0 aromatic carbocycles. The first-order chi connectivity index (χ1) is 9.15. The van der Waals surface area contributed by atoms with Gasteiger partial charge in [-0.15, -0.1) is 0 Å². The molecule has 104 valence electrons. The Morgan fingerprint density at radius 2 is 2.42 bits per heavy atom. The SMILES string of the molecule is CN(CC(=O)O)C1CCCN(Cc2ccccn2)C1. The summed E-state index contributed by atoms with van der Waals surface area (Å²) in [6.45, 7) is 2.94. The average molecular weight is 263 g/mol. The highest BCUT2D eigenvalue weighted by Crippen LogP contribution is 2.16. The minimum atomic E-state index is -0.760. The number of hydrogen-bond donors (Lipinski definition) is 1. The van der Waals surface area contributed by atoms with Gasteiger partial charge in [0.05, 0.1) is 12.2 Å². The van der Waals surface area contributed by atoms with E-state index in [0.29, 0.717) is 6.04 Å². The lowest BCUT2D eigenvalue weighted by Crippen LogP contribution is -2.47. The van der Waals surface area contributed by atoms with Crippen molar-refractivity contribution in [1.29, 1.82) is 0 Å². The van der Waals surface area contributed by atoms with Gasteiger partial charge in [-0.1, -0.05) is 6.07 Å². The van der Waals surface area contributed by atoms with Gasteiger partial charge < -0.3 is 5.11 Å². The molecule has 0 bridgehead atoms. The number of likely N-dealkylation sites (tertiary alicyclic amines) is 1. The van der Waals surface area contributed by atoms with Crippen molar-refractivity contribution in [2.24, 2.45) is 0 Å². The second kappa shape index (κ2) is 6.63. The second-order valence-electron chi connectivity index (χ2n) is 5.16. The van der Waals surface area contributed by atoms with Gasteiger partial charge in [0.25, 0.3) is 0 Å². The maximum atomic E-state index is 10.8. The Labute approximate surface area is 113 Å². The van der Waals surface area contributed by atoms with Crippen LogP contribution >= 0.6 is 0 Å². The van der Waals surface area contributed by atoms with Crippen molar-refractivity contribution in [1.82, 2.24) is 14.8 Å². The third kappa shape index (κ3) is 4.29. The maximum Gasteiger partial charge on any atom is 0.317 e. The molecule has 1 aromatic rings. The monoisotopic (exact) mass is 263 g/mol. The molecule has 19 heavy (non-hydrogen) atoms. The van der Waals surface area contributed by atoms with Crippen LogP contribution in [0, 0.1) is 0 Å². The molecule has 0 aliphatic carbocycles. The summed E-state index contributed by atoms with van der Waals surface area (Å²) in [6.07, 6.45) is 4.00. The van der Waals surface area contributed by atoms with Crippen molar-refractivity contribution in [3.8, 4) is 0 Å². The van der Waals surface area contributed by atoms with Crippen molar-refractivity contribution in [2.45, 2.75) is 25.4 Å². The van der Waals surface area contributed by atoms with Gasteiger partial charge in [-0.05, 0) is 38.6 Å². The van der Waals surface area contributed by atoms with Gasteiger partial charge in [-0.2, -0.15) is 0 Å². The van der Waals surface area contributed by atoms with E-state index in [2.05, 4.69) is 9.88 Å². The molecule has 1 atom stereocenters. The number of carboxylic acids is 1. The normalized spacial score (nSPS) is 20.6. The summed E-state index contributed by atoms with van der Waals surface area (Å²) >= 11 is 0. The van der Waals surface area contributed by atoms with E-state index < -0.39 is 5.97 Å². The molecule has 0 spiro atoms. The number of aliphatic carboxylic acids is 1. The van der Waals surface area contributed by atoms with E-state index in [0.717, 1.165) is 38.2 Å². The topological polar surface area (TPSA) is 56.7 Å². The van der Waals surface area contributed by atoms with Crippen molar-refractivity contribution < 1.29 is 9.90 Å². The number of piperidine rings is 1. The van der Waals surface area contributed by atoms with Crippen LogP contribution in [-0.2, 0) is 11.3 Å². The summed E-state index contributed by atoms with van der Waals surface area (Å²) in [6, 6.07) is 6.28. The standard InChI is InChI=1S/C14H21N3O2/c1-16(11-14(18)19)13-6-4-8-17(10-13)9-12-5-2-3-7-15-12/h2-3,5,7,13H,4,6,8-11H2,1H3,(H,18,19). The van der Waals surface area contributed by atoms with E-state index >= 15 is 0 Å². The fourth-order valence-electron chi connectivity index (χ4n) is 2.60. The molecule has 0 radical (unpaired) electrons. The van der Waals surface area contributed by atoms with Crippen LogP contribution in [0.1, 0.15) is 18.5 Å². The zero-order chi connectivity index (χ0) is 13.7. The molecular formula is C14H21N3O2. The third-order valence-corrected chi connectivity index (χ3v) is 3.60. The summed E-state index contributed by atoms with van der Waals surface area (Å²) in [5, 5.41) is 8.85. The van der Waals surface area contributed by atoms with Crippen LogP contribution in [0.15, 0.2) is 24.4 Å². The molecule has 0 amide bonds. The van der Waals surface area contributed by atoms with Crippen LogP contribution in [-0.4, -0.2) is 58.6 Å². The number of hydrogen-bond acceptors (Lipinski definition) is 4. The minimum Gasteiger partial charge on any atom is -0.480 e. The Morgan fingerprint density at radius 3 is 3.11 bits per heavy atom. The summed E-state index contributed by atoms with van der Waals surface area (Å²) in [5.74, 6) is -0.760. The molecule has 0 saturated carbocycles. The molecule has 1 fully saturated rings. The Bertz CT molecular complexity index is 410. The Hall–Kier alpha value is -1.46. The number of pyridine rings is 1. The smallest absolute Gasteiger partial charge is 0.317 e. The number of carbonyl (C=O) groups is 1. The molecule has 2 heterocycles. The lowest BCUT2D eigenvalue weighted by molar-refractivity contribution is -0.138. The number of nitrogens with zero attached hydrogens (tertiary/aromatic N) is 3. The summed E-state index contributed by atoms with van der Waals surface area (Å²) in [7, 11) is 1.89. The van der Waals surface area contributed by atoms with E-state index in [-0.39, 0.29) is 6.54 Å². The summed E-state index contributed by atoms with van der Waals surface area (Å²) in [4.78, 5) is 19.4. The highest BCUT2D eigenvalue weighted by Gasteiger charge is 2.24. The summed E-state index contributed by atoms with van der Waals surface area (Å²) < 4.78 is 0. The van der Waals surface area contributed by atoms with Gasteiger partial charge in [0, 0.05) is 25.3 Å². The van der Waals surface area contributed by atoms with E-state index in [1.54, 1.807) is 0 Å². The fraction of sp³-hybridized carbons (Fsp3) is 0.571. The van der Waals surface area contributed by atoms with Crippen LogP contribution in [0.2, 0.25) is 0 Å². The second-order valence-corrected chi connectivity index (χ2v) is 5.16. The predicted octanol–water partition coefficient (Wildman–Crippen LogP) is 1.06. The molecule has 5 heteroatoms. The van der Waals surface area contributed by atoms with Gasteiger partial charge in [0.15, 0.2) is 0 Å². The van der Waals surface area contributed by atoms with Crippen LogP contribution in [0.3, 0.4) is 0 Å². The van der Waals surface area contributed by atoms with Gasteiger partial charge >= 0.3 is 5.97 Å². The van der Waals surface area contributed by atoms with E-state index in [4.69, 9.17) is 5.11 Å². The largest absolute Gasteiger partial charge is 0.480 e. The zero-order valence-corrected chi connectivity index (χ0v) is 11.3. The first-order valence-electron chi connectivity index (χ1n) is 6.69. The van der Waals surface area contributed by atoms with Crippen LogP contribution in [0.5, 0.6) is 0 Å². The molecule has 1 N–H and O–H groups in total. The van der Waals surface area contributed by atoms with Crippen LogP contribution in [0.4, 0.5) is 0 Å². The number of rotatable bonds is 5. The highest BCUT2D eigenvalue weighted by molar-refractivity contribution is 5.69. The quantitative estimate of drug-likeness (QED) is 0.861. The van der Waals surface area contributed by atoms with Crippen molar-refractivity contribution in [3.05, 3.63) is 30.1 Å². The molecular weight excluding hydrogens is 242 g/mol. The number of aromatic nitrogens is 1. The summed E-state index contributed by atoms with van der Waals surface area (Å²) in [5.41, 5.74) is 1.07. The minimum absolute atomic E-state index is 0.113. The molecule has 1 aromatic heterocycles. The molecule has 2 rings (SSSR count). The van der Waals surface area contributed by atoms with Crippen molar-refractivity contribution in [2.75, 3.05) is 26.7 Å². The van der Waals surface area contributed by atoms with Crippen molar-refractivity contribution in [3.63, 3.8) is 0 Å². The number of likely N-dealkylation sites (N-methyl/N-ethyl adjacent to an activating group) is 1. The first kappa shape index (κ1) is 14.0. The molecule has 1 aliphatic heterocycles. The lowest BCUT2D eigenvalue weighted by Gasteiger charge is -2.36. The molecule has 1 unspecified atom stereocenters. The Balaban J connectivity index is 1.88. The maximum absolute atomic E-state index is 10.8. The van der Waals surface area contributed by atoms with Gasteiger partial charge in [0.1, 0.15) is 0 Å². The van der Waals surface area contributed by atoms with E-state index in [9.17, 15) is 4.79 Å². The lowest BCUT2D eigenvalue weighted by atomic mass is 10.0. The van der Waals surface area contributed by atoms with Crippen LogP contribution in [0.25, 0.3) is 0 Å². The average Bonchev–Trinajstić information content (AvgIpc) is 2.39. The van der Waals surface area contributed by atoms with Crippen molar-refractivity contribution >= 4 is 5.97 Å². The third-order valence-electron chi connectivity index (χ3n) is 3.60. The Kier molecular flexibility index (Phi) is 4.87. The Morgan fingerprint density at radius 1 is 1.58 bits per heavy atom. The fourth-order valence-corrected chi connectivity index (χ4v) is 2.60. The molecule has 1 saturated heterocycles. The van der Waals surface area contributed by atoms with E-state index in [1.807, 2.05) is 36.3 Å². The number of carboxylic acid groups (broad SMARTS) is 1. The molecule has 5 nitrogen and oxygen atoms in total. The van der Waals surface area contributed by atoms with Gasteiger partial charge in [-0.25, -0.2) is 0 Å². The van der Waals surface area contributed by atoms with E-state index in [1.165, 1.54) is 0 Å².